The van der Waals surface area contributed by atoms with E-state index in [1.165, 1.54) is 0 Å². The summed E-state index contributed by atoms with van der Waals surface area (Å²) >= 11 is 17.1. The van der Waals surface area contributed by atoms with E-state index in [-0.39, 0.29) is 0 Å². The number of halogens is 2. The van der Waals surface area contributed by atoms with Crippen molar-refractivity contribution in [1.29, 1.82) is 0 Å². The van der Waals surface area contributed by atoms with E-state index >= 15 is 0 Å². The number of rotatable bonds is 4. The van der Waals surface area contributed by atoms with E-state index in [1.807, 2.05) is 6.07 Å². The van der Waals surface area contributed by atoms with Crippen molar-refractivity contribution in [2.45, 2.75) is 32.7 Å². The molecule has 5 heteroatoms. The molecule has 1 aromatic carbocycles. The molecular formula is C12H16Cl2N2S. The van der Waals surface area contributed by atoms with Crippen LogP contribution in [0.4, 0.5) is 5.69 Å². The van der Waals surface area contributed by atoms with Crippen LogP contribution in [0.5, 0.6) is 0 Å². The van der Waals surface area contributed by atoms with Crippen LogP contribution in [-0.2, 0) is 0 Å². The first kappa shape index (κ1) is 14.6. The lowest BCUT2D eigenvalue weighted by Crippen LogP contribution is -2.36. The smallest absolute Gasteiger partial charge is 0.171 e. The Morgan fingerprint density at radius 2 is 1.94 bits per heavy atom. The van der Waals surface area contributed by atoms with Crippen LogP contribution in [0.15, 0.2) is 18.2 Å². The molecule has 0 amide bonds. The predicted molar refractivity (Wildman–Crippen MR) is 80.2 cm³/mol. The fourth-order valence-electron chi connectivity index (χ4n) is 1.43. The van der Waals surface area contributed by atoms with E-state index in [0.29, 0.717) is 21.2 Å². The van der Waals surface area contributed by atoms with Crippen molar-refractivity contribution < 1.29 is 0 Å². The van der Waals surface area contributed by atoms with Crippen molar-refractivity contribution in [3.63, 3.8) is 0 Å². The summed E-state index contributed by atoms with van der Waals surface area (Å²) in [6.45, 7) is 4.25. The molecule has 0 fully saturated rings. The predicted octanol–water partition coefficient (Wildman–Crippen LogP) is 4.47. The average molecular weight is 291 g/mol. The summed E-state index contributed by atoms with van der Waals surface area (Å²) in [5.41, 5.74) is 0.763. The summed E-state index contributed by atoms with van der Waals surface area (Å²) in [6, 6.07) is 5.66. The second-order valence-electron chi connectivity index (χ2n) is 3.74. The number of hydrogen-bond donors (Lipinski definition) is 2. The molecule has 0 unspecified atom stereocenters. The maximum Gasteiger partial charge on any atom is 0.171 e. The number of anilines is 1. The Labute approximate surface area is 118 Å². The van der Waals surface area contributed by atoms with Crippen LogP contribution in [0.3, 0.4) is 0 Å². The maximum absolute atomic E-state index is 6.04. The molecule has 0 radical (unpaired) electrons. The SMILES string of the molecule is CCC(CC)NC(=S)Nc1ccc(Cl)cc1Cl. The molecule has 0 spiro atoms. The van der Waals surface area contributed by atoms with Crippen molar-refractivity contribution in [3.8, 4) is 0 Å². The first-order valence-corrected chi connectivity index (χ1v) is 6.75. The van der Waals surface area contributed by atoms with Gasteiger partial charge in [0.2, 0.25) is 0 Å². The van der Waals surface area contributed by atoms with Gasteiger partial charge in [0, 0.05) is 11.1 Å². The van der Waals surface area contributed by atoms with Crippen LogP contribution in [0.2, 0.25) is 10.0 Å². The summed E-state index contributed by atoms with van der Waals surface area (Å²) in [7, 11) is 0. The van der Waals surface area contributed by atoms with Crippen LogP contribution in [0.25, 0.3) is 0 Å². The van der Waals surface area contributed by atoms with Crippen molar-refractivity contribution in [3.05, 3.63) is 28.2 Å². The van der Waals surface area contributed by atoms with Crippen LogP contribution < -0.4 is 10.6 Å². The normalized spacial score (nSPS) is 10.4. The second kappa shape index (κ2) is 7.04. The fraction of sp³-hybridized carbons (Fsp3) is 0.417. The molecule has 0 aliphatic carbocycles. The maximum atomic E-state index is 6.04. The van der Waals surface area contributed by atoms with E-state index in [1.54, 1.807) is 12.1 Å². The highest BCUT2D eigenvalue weighted by molar-refractivity contribution is 7.80. The lowest BCUT2D eigenvalue weighted by molar-refractivity contribution is 0.573. The number of benzene rings is 1. The molecule has 1 aromatic rings. The Kier molecular flexibility index (Phi) is 6.03. The Bertz CT molecular complexity index is 392. The van der Waals surface area contributed by atoms with Crippen LogP contribution >= 0.6 is 35.4 Å². The number of nitrogens with one attached hydrogen (secondary N) is 2. The zero-order valence-electron chi connectivity index (χ0n) is 9.89. The molecule has 2 nitrogen and oxygen atoms in total. The van der Waals surface area contributed by atoms with Gasteiger partial charge in [0.05, 0.1) is 10.7 Å². The molecule has 0 saturated carbocycles. The van der Waals surface area contributed by atoms with Crippen molar-refractivity contribution in [2.24, 2.45) is 0 Å². The second-order valence-corrected chi connectivity index (χ2v) is 4.99. The summed E-state index contributed by atoms with van der Waals surface area (Å²) in [5.74, 6) is 0. The highest BCUT2D eigenvalue weighted by Gasteiger charge is 2.07. The summed E-state index contributed by atoms with van der Waals surface area (Å²) in [4.78, 5) is 0. The van der Waals surface area contributed by atoms with Gasteiger partial charge in [-0.15, -0.1) is 0 Å². The summed E-state index contributed by atoms with van der Waals surface area (Å²) in [5, 5.41) is 8.06. The zero-order valence-corrected chi connectivity index (χ0v) is 12.2. The van der Waals surface area contributed by atoms with E-state index in [9.17, 15) is 0 Å². The van der Waals surface area contributed by atoms with Gasteiger partial charge in [-0.2, -0.15) is 0 Å². The molecule has 0 saturated heterocycles. The van der Waals surface area contributed by atoms with Gasteiger partial charge < -0.3 is 10.6 Å². The number of hydrogen-bond acceptors (Lipinski definition) is 1. The van der Waals surface area contributed by atoms with E-state index < -0.39 is 0 Å². The van der Waals surface area contributed by atoms with Gasteiger partial charge in [-0.1, -0.05) is 37.0 Å². The molecule has 94 valence electrons. The molecule has 1 rings (SSSR count). The molecule has 0 aromatic heterocycles. The van der Waals surface area contributed by atoms with Crippen molar-refractivity contribution in [1.82, 2.24) is 5.32 Å². The quantitative estimate of drug-likeness (QED) is 0.800. The third-order valence-corrected chi connectivity index (χ3v) is 3.27. The highest BCUT2D eigenvalue weighted by Crippen LogP contribution is 2.25. The van der Waals surface area contributed by atoms with Crippen molar-refractivity contribution in [2.75, 3.05) is 5.32 Å². The van der Waals surface area contributed by atoms with E-state index in [2.05, 4.69) is 24.5 Å². The minimum Gasteiger partial charge on any atom is -0.360 e. The average Bonchev–Trinajstić information content (AvgIpc) is 2.29. The van der Waals surface area contributed by atoms with Crippen LogP contribution in [-0.4, -0.2) is 11.2 Å². The van der Waals surface area contributed by atoms with Crippen molar-refractivity contribution >= 4 is 46.2 Å². The largest absolute Gasteiger partial charge is 0.360 e. The minimum atomic E-state index is 0.390. The monoisotopic (exact) mass is 290 g/mol. The fourth-order valence-corrected chi connectivity index (χ4v) is 2.16. The lowest BCUT2D eigenvalue weighted by Gasteiger charge is -2.18. The van der Waals surface area contributed by atoms with Crippen LogP contribution in [0.1, 0.15) is 26.7 Å². The molecule has 0 atom stereocenters. The highest BCUT2D eigenvalue weighted by atomic mass is 35.5. The molecule has 2 N–H and O–H groups in total. The van der Waals surface area contributed by atoms with E-state index in [4.69, 9.17) is 35.4 Å². The van der Waals surface area contributed by atoms with Gasteiger partial charge >= 0.3 is 0 Å². The standard InChI is InChI=1S/C12H16Cl2N2S/c1-3-9(4-2)15-12(17)16-11-6-5-8(13)7-10(11)14/h5-7,9H,3-4H2,1-2H3,(H2,15,16,17). The molecule has 0 aliphatic heterocycles. The molecule has 17 heavy (non-hydrogen) atoms. The minimum absolute atomic E-state index is 0.390. The third kappa shape index (κ3) is 4.70. The van der Waals surface area contributed by atoms with Crippen LogP contribution in [0, 0.1) is 0 Å². The molecule has 0 bridgehead atoms. The van der Waals surface area contributed by atoms with Gasteiger partial charge in [0.25, 0.3) is 0 Å². The molecular weight excluding hydrogens is 275 g/mol. The Hall–Kier alpha value is -0.510. The first-order valence-electron chi connectivity index (χ1n) is 5.59. The Morgan fingerprint density at radius 3 is 2.47 bits per heavy atom. The zero-order chi connectivity index (χ0) is 12.8. The Balaban J connectivity index is 2.62. The van der Waals surface area contributed by atoms with Gasteiger partial charge in [0.15, 0.2) is 5.11 Å². The Morgan fingerprint density at radius 1 is 1.29 bits per heavy atom. The summed E-state index contributed by atoms with van der Waals surface area (Å²) < 4.78 is 0. The third-order valence-electron chi connectivity index (χ3n) is 2.50. The first-order chi connectivity index (χ1) is 8.06. The van der Waals surface area contributed by atoms with Gasteiger partial charge in [-0.3, -0.25) is 0 Å². The van der Waals surface area contributed by atoms with E-state index in [0.717, 1.165) is 18.5 Å². The molecule has 0 heterocycles. The summed E-state index contributed by atoms with van der Waals surface area (Å²) in [6.07, 6.45) is 2.07. The van der Waals surface area contributed by atoms with Gasteiger partial charge in [-0.05, 0) is 43.3 Å². The van der Waals surface area contributed by atoms with Gasteiger partial charge in [-0.25, -0.2) is 0 Å². The number of thiocarbonyl (C=S) groups is 1. The molecule has 0 aliphatic rings. The topological polar surface area (TPSA) is 24.1 Å². The van der Waals surface area contributed by atoms with Gasteiger partial charge in [0.1, 0.15) is 0 Å². The lowest BCUT2D eigenvalue weighted by atomic mass is 10.2.